The third kappa shape index (κ3) is 3.87. The van der Waals surface area contributed by atoms with Gasteiger partial charge in [-0.25, -0.2) is 9.97 Å². The van der Waals surface area contributed by atoms with Gasteiger partial charge in [0.2, 0.25) is 0 Å². The number of hydrogen-bond donors (Lipinski definition) is 0. The Hall–Kier alpha value is -6.32. The second kappa shape index (κ2) is 10.1. The lowest BCUT2D eigenvalue weighted by atomic mass is 9.93. The van der Waals surface area contributed by atoms with Gasteiger partial charge in [-0.05, 0) is 51.2 Å². The molecule has 0 amide bonds. The van der Waals surface area contributed by atoms with Crippen LogP contribution in [0.1, 0.15) is 0 Å². The van der Waals surface area contributed by atoms with Crippen molar-refractivity contribution in [3.05, 3.63) is 164 Å². The molecule has 0 radical (unpaired) electrons. The molecular formula is C44H27N3. The molecule has 47 heavy (non-hydrogen) atoms. The van der Waals surface area contributed by atoms with Gasteiger partial charge in [0.1, 0.15) is 0 Å². The maximum atomic E-state index is 5.19. The lowest BCUT2D eigenvalue weighted by Gasteiger charge is -2.15. The van der Waals surface area contributed by atoms with Crippen LogP contribution in [0.5, 0.6) is 0 Å². The lowest BCUT2D eigenvalue weighted by molar-refractivity contribution is 1.17. The summed E-state index contributed by atoms with van der Waals surface area (Å²) < 4.78 is 2.44. The number of nitrogens with zero attached hydrogens (tertiary/aromatic N) is 3. The molecule has 0 saturated heterocycles. The first kappa shape index (κ1) is 26.0. The molecule has 0 spiro atoms. The van der Waals surface area contributed by atoms with E-state index < -0.39 is 0 Å². The molecule has 3 heteroatoms. The molecule has 0 aliphatic rings. The van der Waals surface area contributed by atoms with Crippen LogP contribution in [0.2, 0.25) is 0 Å². The van der Waals surface area contributed by atoms with Crippen molar-refractivity contribution in [2.75, 3.05) is 0 Å². The highest BCUT2D eigenvalue weighted by molar-refractivity contribution is 6.33. The summed E-state index contributed by atoms with van der Waals surface area (Å²) in [6, 6.07) is 58.4. The van der Waals surface area contributed by atoms with E-state index in [0.717, 1.165) is 33.4 Å². The zero-order valence-electron chi connectivity index (χ0n) is 25.4. The van der Waals surface area contributed by atoms with E-state index in [-0.39, 0.29) is 0 Å². The van der Waals surface area contributed by atoms with Crippen LogP contribution in [0, 0.1) is 0 Å². The second-order valence-electron chi connectivity index (χ2n) is 12.2. The van der Waals surface area contributed by atoms with Crippen molar-refractivity contribution in [3.8, 4) is 28.3 Å². The van der Waals surface area contributed by atoms with Crippen LogP contribution in [0.4, 0.5) is 0 Å². The monoisotopic (exact) mass is 597 g/mol. The van der Waals surface area contributed by atoms with Crippen LogP contribution in [0.15, 0.2) is 164 Å². The van der Waals surface area contributed by atoms with Gasteiger partial charge in [-0.3, -0.25) is 0 Å². The molecule has 8 aromatic carbocycles. The van der Waals surface area contributed by atoms with E-state index in [1.807, 2.05) is 12.1 Å². The van der Waals surface area contributed by atoms with E-state index >= 15 is 0 Å². The Balaban J connectivity index is 1.30. The Kier molecular flexibility index (Phi) is 5.57. The molecule has 2 aromatic heterocycles. The van der Waals surface area contributed by atoms with E-state index in [2.05, 4.69) is 156 Å². The third-order valence-electron chi connectivity index (χ3n) is 9.55. The maximum Gasteiger partial charge on any atom is 0.160 e. The first-order valence-electron chi connectivity index (χ1n) is 16.0. The van der Waals surface area contributed by atoms with Gasteiger partial charge in [-0.15, -0.1) is 0 Å². The van der Waals surface area contributed by atoms with Crippen molar-refractivity contribution in [1.82, 2.24) is 14.5 Å². The van der Waals surface area contributed by atoms with Crippen LogP contribution >= 0.6 is 0 Å². The summed E-state index contributed by atoms with van der Waals surface area (Å²) in [4.78, 5) is 10.3. The zero-order valence-corrected chi connectivity index (χ0v) is 25.4. The number of rotatable bonds is 3. The molecule has 2 heterocycles. The number of aromatic nitrogens is 3. The highest BCUT2D eigenvalue weighted by Gasteiger charge is 2.19. The van der Waals surface area contributed by atoms with Crippen molar-refractivity contribution in [2.45, 2.75) is 0 Å². The van der Waals surface area contributed by atoms with Crippen molar-refractivity contribution in [3.63, 3.8) is 0 Å². The van der Waals surface area contributed by atoms with E-state index in [1.54, 1.807) is 0 Å². The van der Waals surface area contributed by atoms with Crippen molar-refractivity contribution in [1.29, 1.82) is 0 Å². The first-order chi connectivity index (χ1) is 23.3. The molecule has 218 valence electrons. The molecule has 0 unspecified atom stereocenters. The largest absolute Gasteiger partial charge is 0.309 e. The smallest absolute Gasteiger partial charge is 0.160 e. The minimum atomic E-state index is 0.714. The maximum absolute atomic E-state index is 5.19. The van der Waals surface area contributed by atoms with Gasteiger partial charge in [0.15, 0.2) is 5.82 Å². The minimum Gasteiger partial charge on any atom is -0.309 e. The quantitative estimate of drug-likeness (QED) is 0.190. The highest BCUT2D eigenvalue weighted by Crippen LogP contribution is 2.43. The van der Waals surface area contributed by atoms with Crippen LogP contribution in [-0.4, -0.2) is 14.5 Å². The Bertz CT molecular complexity index is 2810. The van der Waals surface area contributed by atoms with E-state index in [4.69, 9.17) is 9.97 Å². The van der Waals surface area contributed by atoms with Crippen LogP contribution < -0.4 is 0 Å². The van der Waals surface area contributed by atoms with E-state index in [1.165, 1.54) is 54.1 Å². The summed E-state index contributed by atoms with van der Waals surface area (Å²) >= 11 is 0. The topological polar surface area (TPSA) is 30.7 Å². The average Bonchev–Trinajstić information content (AvgIpc) is 3.49. The van der Waals surface area contributed by atoms with Gasteiger partial charge in [-0.1, -0.05) is 140 Å². The highest BCUT2D eigenvalue weighted by atomic mass is 15.0. The number of fused-ring (bicyclic) bond motifs is 11. The zero-order chi connectivity index (χ0) is 30.9. The van der Waals surface area contributed by atoms with Gasteiger partial charge in [0.25, 0.3) is 0 Å². The molecule has 0 aliphatic heterocycles. The van der Waals surface area contributed by atoms with Gasteiger partial charge in [-0.2, -0.15) is 0 Å². The summed E-state index contributed by atoms with van der Waals surface area (Å²) in [6.45, 7) is 0. The first-order valence-corrected chi connectivity index (χ1v) is 16.0. The SMILES string of the molecule is c1ccc(-c2nc(-c3cccc(-n4c5ccccc5c5ccc6c7ccccc7c7ccccc7c6c54)c3)nc3ccccc23)cc1. The summed E-state index contributed by atoms with van der Waals surface area (Å²) in [6.07, 6.45) is 0. The Labute approximate surface area is 271 Å². The van der Waals surface area contributed by atoms with Gasteiger partial charge in [0.05, 0.1) is 22.2 Å². The predicted octanol–water partition coefficient (Wildman–Crippen LogP) is 11.5. The Morgan fingerprint density at radius 2 is 0.957 bits per heavy atom. The molecule has 10 rings (SSSR count). The fourth-order valence-corrected chi connectivity index (χ4v) is 7.52. The standard InChI is InChI=1S/C44H27N3/c1-2-13-28(14-3-1)42-38-22-8-10-23-39(38)45-44(46-42)29-15-12-16-30(27-29)47-40-24-11-9-20-34(40)37-26-25-36-33-19-5-4-17-31(33)32-18-6-7-21-35(32)41(36)43(37)47/h1-27H. The lowest BCUT2D eigenvalue weighted by Crippen LogP contribution is -1.98. The molecule has 0 N–H and O–H groups in total. The van der Waals surface area contributed by atoms with Crippen molar-refractivity contribution in [2.24, 2.45) is 0 Å². The van der Waals surface area contributed by atoms with Crippen molar-refractivity contribution < 1.29 is 0 Å². The molecule has 0 atom stereocenters. The summed E-state index contributed by atoms with van der Waals surface area (Å²) in [7, 11) is 0. The molecule has 0 fully saturated rings. The second-order valence-corrected chi connectivity index (χ2v) is 12.2. The summed E-state index contributed by atoms with van der Waals surface area (Å²) in [5.74, 6) is 0.714. The minimum absolute atomic E-state index is 0.714. The van der Waals surface area contributed by atoms with Gasteiger partial charge in [0, 0.05) is 38.4 Å². The number of benzene rings is 8. The fourth-order valence-electron chi connectivity index (χ4n) is 7.52. The van der Waals surface area contributed by atoms with E-state index in [0.29, 0.717) is 5.82 Å². The van der Waals surface area contributed by atoms with Crippen LogP contribution in [-0.2, 0) is 0 Å². The Morgan fingerprint density at radius 3 is 1.74 bits per heavy atom. The van der Waals surface area contributed by atoms with Crippen molar-refractivity contribution >= 4 is 65.0 Å². The molecular weight excluding hydrogens is 571 g/mol. The number of para-hydroxylation sites is 2. The molecule has 10 aromatic rings. The average molecular weight is 598 g/mol. The third-order valence-corrected chi connectivity index (χ3v) is 9.55. The summed E-state index contributed by atoms with van der Waals surface area (Å²) in [5.41, 5.74) is 7.40. The van der Waals surface area contributed by atoms with Gasteiger partial charge < -0.3 is 4.57 Å². The van der Waals surface area contributed by atoms with Crippen LogP contribution in [0.25, 0.3) is 93.4 Å². The summed E-state index contributed by atoms with van der Waals surface area (Å²) in [5, 5.41) is 11.1. The normalized spacial score (nSPS) is 11.8. The molecule has 0 saturated carbocycles. The molecule has 0 bridgehead atoms. The van der Waals surface area contributed by atoms with Gasteiger partial charge >= 0.3 is 0 Å². The molecule has 0 aliphatic carbocycles. The molecule has 3 nitrogen and oxygen atoms in total. The Morgan fingerprint density at radius 1 is 0.383 bits per heavy atom. The predicted molar refractivity (Wildman–Crippen MR) is 197 cm³/mol. The van der Waals surface area contributed by atoms with E-state index in [9.17, 15) is 0 Å². The fraction of sp³-hybridized carbons (Fsp3) is 0. The van der Waals surface area contributed by atoms with Crippen LogP contribution in [0.3, 0.4) is 0 Å². The number of hydrogen-bond acceptors (Lipinski definition) is 2.